The van der Waals surface area contributed by atoms with Crippen molar-refractivity contribution in [3.63, 3.8) is 0 Å². The number of carbonyl (C=O) groups is 1. The maximum atomic E-state index is 12.9. The number of rotatable bonds is 6. The molecule has 2 aliphatic rings. The number of aliphatic imine (C=N–C) groups is 1. The number of nitriles is 1. The van der Waals surface area contributed by atoms with Crippen molar-refractivity contribution >= 4 is 22.9 Å². The zero-order valence-corrected chi connectivity index (χ0v) is 18.1. The smallest absolute Gasteiger partial charge is 0.338 e. The molecule has 0 saturated heterocycles. The summed E-state index contributed by atoms with van der Waals surface area (Å²) in [4.78, 5) is 19.4. The first-order valence-electron chi connectivity index (χ1n) is 9.92. The molecular weight excluding hydrogens is 410 g/mol. The Morgan fingerprint density at radius 1 is 1.23 bits per heavy atom. The Morgan fingerprint density at radius 3 is 2.81 bits per heavy atom. The third-order valence-corrected chi connectivity index (χ3v) is 5.82. The number of esters is 1. The van der Waals surface area contributed by atoms with Crippen LogP contribution in [0.25, 0.3) is 0 Å². The molecule has 156 valence electrons. The molecule has 2 aromatic rings. The first kappa shape index (κ1) is 20.8. The number of fused-ring (bicyclic) bond motifs is 1. The van der Waals surface area contributed by atoms with Crippen molar-refractivity contribution in [2.75, 3.05) is 6.61 Å². The minimum absolute atomic E-state index is 0.246. The fourth-order valence-corrected chi connectivity index (χ4v) is 4.42. The van der Waals surface area contributed by atoms with E-state index < -0.39 is 6.04 Å². The topological polar surface area (TPSA) is 74.9 Å². The van der Waals surface area contributed by atoms with Gasteiger partial charge in [0.15, 0.2) is 5.17 Å². The zero-order valence-electron chi connectivity index (χ0n) is 17.2. The number of carbonyl (C=O) groups excluding carboxylic acids is 1. The number of nitrogens with zero attached hydrogens (tertiary/aromatic N) is 3. The molecule has 0 bridgehead atoms. The molecule has 0 aromatic heterocycles. The van der Waals surface area contributed by atoms with Crippen LogP contribution in [0.1, 0.15) is 36.6 Å². The molecule has 0 fully saturated rings. The largest absolute Gasteiger partial charge is 0.488 e. The third-order valence-electron chi connectivity index (χ3n) is 5.05. The highest BCUT2D eigenvalue weighted by molar-refractivity contribution is 8.16. The summed E-state index contributed by atoms with van der Waals surface area (Å²) in [6.45, 7) is 4.15. The number of thioether (sulfide) groups is 1. The first-order chi connectivity index (χ1) is 15.1. The Labute approximate surface area is 185 Å². The van der Waals surface area contributed by atoms with Gasteiger partial charge in [0.05, 0.1) is 35.6 Å². The van der Waals surface area contributed by atoms with Crippen molar-refractivity contribution in [2.45, 2.75) is 26.5 Å². The quantitative estimate of drug-likeness (QED) is 0.605. The van der Waals surface area contributed by atoms with Gasteiger partial charge >= 0.3 is 5.97 Å². The number of ether oxygens (including phenoxy) is 2. The van der Waals surface area contributed by atoms with E-state index in [2.05, 4.69) is 11.1 Å². The molecule has 0 unspecified atom stereocenters. The monoisotopic (exact) mass is 431 g/mol. The van der Waals surface area contributed by atoms with Crippen LogP contribution in [-0.2, 0) is 16.1 Å². The molecular formula is C24H21N3O3S. The van der Waals surface area contributed by atoms with E-state index in [1.54, 1.807) is 13.0 Å². The molecule has 7 heteroatoms. The minimum atomic E-state index is -0.416. The molecule has 31 heavy (non-hydrogen) atoms. The molecule has 2 aliphatic heterocycles. The highest BCUT2D eigenvalue weighted by Gasteiger charge is 2.38. The van der Waals surface area contributed by atoms with Crippen molar-refractivity contribution in [2.24, 2.45) is 4.99 Å². The normalized spacial score (nSPS) is 17.1. The second kappa shape index (κ2) is 9.11. The Balaban J connectivity index is 1.72. The minimum Gasteiger partial charge on any atom is -0.488 e. The predicted octanol–water partition coefficient (Wildman–Crippen LogP) is 4.91. The van der Waals surface area contributed by atoms with Gasteiger partial charge in [0, 0.05) is 17.3 Å². The lowest BCUT2D eigenvalue weighted by atomic mass is 9.94. The number of hydrogen-bond donors (Lipinski definition) is 0. The lowest BCUT2D eigenvalue weighted by Gasteiger charge is -2.34. The van der Waals surface area contributed by atoms with Crippen molar-refractivity contribution in [1.29, 1.82) is 5.26 Å². The van der Waals surface area contributed by atoms with Crippen LogP contribution in [0.4, 0.5) is 0 Å². The van der Waals surface area contributed by atoms with E-state index in [0.29, 0.717) is 22.6 Å². The zero-order chi connectivity index (χ0) is 21.8. The van der Waals surface area contributed by atoms with Crippen molar-refractivity contribution in [3.8, 4) is 11.8 Å². The van der Waals surface area contributed by atoms with Gasteiger partial charge in [0.1, 0.15) is 12.4 Å². The van der Waals surface area contributed by atoms with Crippen LogP contribution in [0, 0.1) is 11.3 Å². The maximum Gasteiger partial charge on any atom is 0.338 e. The Bertz CT molecular complexity index is 1150. The highest BCUT2D eigenvalue weighted by Crippen LogP contribution is 2.43. The summed E-state index contributed by atoms with van der Waals surface area (Å²) in [5.74, 6) is 0.254. The standard InChI is InChI=1S/C24H21N3O3S/c1-3-29-23(28)21-16(2)26-24-27(12-13-31-24)22(21)19-10-6-7-11-20(19)30-15-18-9-5-4-8-17(18)14-25/h4-13,22H,3,15H2,1-2H3/t22-/m1/s1. The van der Waals surface area contributed by atoms with Crippen LogP contribution in [0.15, 0.2) is 76.4 Å². The number of hydrogen-bond acceptors (Lipinski definition) is 7. The van der Waals surface area contributed by atoms with Crippen molar-refractivity contribution in [3.05, 3.63) is 88.1 Å². The lowest BCUT2D eigenvalue weighted by Crippen LogP contribution is -2.34. The summed E-state index contributed by atoms with van der Waals surface area (Å²) in [7, 11) is 0. The van der Waals surface area contributed by atoms with Gasteiger partial charge in [-0.1, -0.05) is 48.2 Å². The highest BCUT2D eigenvalue weighted by atomic mass is 32.2. The number of para-hydroxylation sites is 1. The number of benzene rings is 2. The molecule has 0 N–H and O–H groups in total. The fourth-order valence-electron chi connectivity index (χ4n) is 3.62. The first-order valence-corrected chi connectivity index (χ1v) is 10.8. The average Bonchev–Trinajstić information content (AvgIpc) is 3.25. The van der Waals surface area contributed by atoms with Crippen LogP contribution in [0.2, 0.25) is 0 Å². The molecule has 0 spiro atoms. The fraction of sp³-hybridized carbons (Fsp3) is 0.208. The molecule has 0 saturated carbocycles. The average molecular weight is 432 g/mol. The van der Waals surface area contributed by atoms with E-state index >= 15 is 0 Å². The molecule has 6 nitrogen and oxygen atoms in total. The van der Waals surface area contributed by atoms with Gasteiger partial charge < -0.3 is 14.4 Å². The number of amidine groups is 1. The van der Waals surface area contributed by atoms with E-state index in [-0.39, 0.29) is 19.2 Å². The molecule has 0 amide bonds. The van der Waals surface area contributed by atoms with E-state index in [1.807, 2.05) is 65.9 Å². The summed E-state index contributed by atoms with van der Waals surface area (Å²) in [6, 6.07) is 16.8. The summed E-state index contributed by atoms with van der Waals surface area (Å²) in [5, 5.41) is 12.1. The Hall–Kier alpha value is -3.50. The Morgan fingerprint density at radius 2 is 2.00 bits per heavy atom. The SMILES string of the molecule is CCOC(=O)C1=C(C)N=C2SC=CN2[C@@H]1c1ccccc1OCc1ccccc1C#N. The summed E-state index contributed by atoms with van der Waals surface area (Å²) < 4.78 is 11.5. The van der Waals surface area contributed by atoms with Crippen molar-refractivity contribution < 1.29 is 14.3 Å². The van der Waals surface area contributed by atoms with Gasteiger partial charge in [-0.15, -0.1) is 0 Å². The molecule has 0 radical (unpaired) electrons. The van der Waals surface area contributed by atoms with Gasteiger partial charge in [-0.25, -0.2) is 9.79 Å². The molecule has 1 atom stereocenters. The van der Waals surface area contributed by atoms with Gasteiger partial charge in [0.2, 0.25) is 0 Å². The molecule has 0 aliphatic carbocycles. The van der Waals surface area contributed by atoms with Crippen LogP contribution in [0.5, 0.6) is 5.75 Å². The summed E-state index contributed by atoms with van der Waals surface area (Å²) in [6.07, 6.45) is 1.92. The third kappa shape index (κ3) is 4.07. The molecule has 2 heterocycles. The van der Waals surface area contributed by atoms with E-state index in [9.17, 15) is 10.1 Å². The van der Waals surface area contributed by atoms with Gasteiger partial charge in [-0.3, -0.25) is 0 Å². The summed E-state index contributed by atoms with van der Waals surface area (Å²) in [5.41, 5.74) is 3.34. The van der Waals surface area contributed by atoms with Gasteiger partial charge in [-0.05, 0) is 31.4 Å². The van der Waals surface area contributed by atoms with Crippen LogP contribution < -0.4 is 4.74 Å². The van der Waals surface area contributed by atoms with E-state index in [4.69, 9.17) is 9.47 Å². The number of allylic oxidation sites excluding steroid dienone is 1. The Kier molecular flexibility index (Phi) is 6.10. The predicted molar refractivity (Wildman–Crippen MR) is 120 cm³/mol. The molecule has 2 aromatic carbocycles. The van der Waals surface area contributed by atoms with Crippen LogP contribution in [-0.4, -0.2) is 22.6 Å². The van der Waals surface area contributed by atoms with Gasteiger partial charge in [0.25, 0.3) is 0 Å². The van der Waals surface area contributed by atoms with E-state index in [0.717, 1.165) is 16.3 Å². The maximum absolute atomic E-state index is 12.9. The van der Waals surface area contributed by atoms with Crippen LogP contribution in [0.3, 0.4) is 0 Å². The second-order valence-electron chi connectivity index (χ2n) is 6.92. The van der Waals surface area contributed by atoms with Gasteiger partial charge in [-0.2, -0.15) is 5.26 Å². The lowest BCUT2D eigenvalue weighted by molar-refractivity contribution is -0.139. The van der Waals surface area contributed by atoms with E-state index in [1.165, 1.54) is 11.8 Å². The molecule has 4 rings (SSSR count). The second-order valence-corrected chi connectivity index (χ2v) is 7.80. The van der Waals surface area contributed by atoms with Crippen LogP contribution >= 0.6 is 11.8 Å². The summed E-state index contributed by atoms with van der Waals surface area (Å²) >= 11 is 1.51. The van der Waals surface area contributed by atoms with Crippen molar-refractivity contribution in [1.82, 2.24) is 4.90 Å².